The third-order valence-electron chi connectivity index (χ3n) is 2.56. The molecule has 0 radical (unpaired) electrons. The molecule has 0 aliphatic carbocycles. The zero-order valence-corrected chi connectivity index (χ0v) is 8.32. The lowest BCUT2D eigenvalue weighted by Gasteiger charge is -2.33. The molecule has 0 aromatic heterocycles. The minimum atomic E-state index is 0.699. The van der Waals surface area contributed by atoms with E-state index in [-0.39, 0.29) is 0 Å². The molecule has 0 amide bonds. The Labute approximate surface area is 75.1 Å². The average Bonchev–Trinajstić information content (AvgIpc) is 2.06. The highest BCUT2D eigenvalue weighted by Gasteiger charge is 2.18. The molecule has 0 N–H and O–H groups in total. The molecule has 0 aromatic rings. The molecule has 0 bridgehead atoms. The summed E-state index contributed by atoms with van der Waals surface area (Å²) in [5, 5.41) is 0. The van der Waals surface area contributed by atoms with Gasteiger partial charge >= 0.3 is 0 Å². The van der Waals surface area contributed by atoms with E-state index < -0.39 is 0 Å². The fourth-order valence-corrected chi connectivity index (χ4v) is 1.68. The third kappa shape index (κ3) is 2.48. The van der Waals surface area contributed by atoms with E-state index in [0.29, 0.717) is 6.04 Å². The molecule has 70 valence electrons. The van der Waals surface area contributed by atoms with E-state index in [1.165, 1.54) is 25.9 Å². The number of nitrogens with zero attached hydrogens (tertiary/aromatic N) is 3. The predicted octanol–water partition coefficient (Wildman–Crippen LogP) is 0.670. The molecule has 1 aliphatic heterocycles. The molecule has 1 saturated heterocycles. The van der Waals surface area contributed by atoms with Crippen LogP contribution in [0.25, 0.3) is 0 Å². The van der Waals surface area contributed by atoms with E-state index in [1.807, 2.05) is 13.4 Å². The van der Waals surface area contributed by atoms with Crippen LogP contribution in [0.2, 0.25) is 0 Å². The highest BCUT2D eigenvalue weighted by Crippen LogP contribution is 2.12. The molecule has 1 fully saturated rings. The smallest absolute Gasteiger partial charge is 0.0846 e. The minimum absolute atomic E-state index is 0.699. The maximum absolute atomic E-state index is 4.02. The molecular formula is C9H19N3. The Hall–Kier alpha value is -0.570. The van der Waals surface area contributed by atoms with Crippen LogP contribution in [-0.2, 0) is 0 Å². The highest BCUT2D eigenvalue weighted by atomic mass is 15.2. The molecule has 0 aromatic carbocycles. The first kappa shape index (κ1) is 9.52. The van der Waals surface area contributed by atoms with Crippen molar-refractivity contribution in [2.24, 2.45) is 4.99 Å². The third-order valence-corrected chi connectivity index (χ3v) is 2.56. The van der Waals surface area contributed by atoms with Crippen molar-refractivity contribution in [2.75, 3.05) is 34.2 Å². The molecule has 1 rings (SSSR count). The van der Waals surface area contributed by atoms with Crippen molar-refractivity contribution in [3.05, 3.63) is 0 Å². The summed E-state index contributed by atoms with van der Waals surface area (Å²) in [6.45, 7) is 2.43. The molecule has 12 heavy (non-hydrogen) atoms. The number of rotatable bonds is 2. The fraction of sp³-hybridized carbons (Fsp3) is 0.889. The molecule has 3 heteroatoms. The first-order valence-electron chi connectivity index (χ1n) is 4.57. The van der Waals surface area contributed by atoms with Gasteiger partial charge in [-0.3, -0.25) is 4.99 Å². The van der Waals surface area contributed by atoms with Crippen LogP contribution in [0.5, 0.6) is 0 Å². The summed E-state index contributed by atoms with van der Waals surface area (Å²) in [5.41, 5.74) is 0. The van der Waals surface area contributed by atoms with E-state index in [1.54, 1.807) is 0 Å². The van der Waals surface area contributed by atoms with Crippen LogP contribution in [0, 0.1) is 0 Å². The summed E-state index contributed by atoms with van der Waals surface area (Å²) < 4.78 is 0. The van der Waals surface area contributed by atoms with E-state index in [0.717, 1.165) is 0 Å². The van der Waals surface area contributed by atoms with Gasteiger partial charge in [0.05, 0.1) is 6.34 Å². The van der Waals surface area contributed by atoms with Crippen LogP contribution in [0.1, 0.15) is 12.8 Å². The van der Waals surface area contributed by atoms with Crippen molar-refractivity contribution in [3.8, 4) is 0 Å². The topological polar surface area (TPSA) is 18.8 Å². The molecule has 1 heterocycles. The summed E-state index contributed by atoms with van der Waals surface area (Å²) in [5.74, 6) is 0. The van der Waals surface area contributed by atoms with Crippen LogP contribution in [0.4, 0.5) is 0 Å². The van der Waals surface area contributed by atoms with E-state index in [4.69, 9.17) is 0 Å². The van der Waals surface area contributed by atoms with Crippen LogP contribution in [0.15, 0.2) is 4.99 Å². The molecule has 0 saturated carbocycles. The van der Waals surface area contributed by atoms with Gasteiger partial charge in [0.25, 0.3) is 0 Å². The van der Waals surface area contributed by atoms with Gasteiger partial charge in [-0.1, -0.05) is 0 Å². The first-order chi connectivity index (χ1) is 5.74. The van der Waals surface area contributed by atoms with Gasteiger partial charge in [0.15, 0.2) is 0 Å². The quantitative estimate of drug-likeness (QED) is 0.447. The maximum atomic E-state index is 4.02. The van der Waals surface area contributed by atoms with Gasteiger partial charge in [-0.05, 0) is 33.0 Å². The fourth-order valence-electron chi connectivity index (χ4n) is 1.68. The SMILES string of the molecule is CN=CN(C)C1CCN(C)CC1. The van der Waals surface area contributed by atoms with Crippen molar-refractivity contribution < 1.29 is 0 Å². The summed E-state index contributed by atoms with van der Waals surface area (Å²) in [7, 11) is 6.12. The minimum Gasteiger partial charge on any atom is -0.363 e. The lowest BCUT2D eigenvalue weighted by Crippen LogP contribution is -2.41. The second-order valence-electron chi connectivity index (χ2n) is 3.57. The van der Waals surface area contributed by atoms with Crippen molar-refractivity contribution >= 4 is 6.34 Å². The molecule has 1 aliphatic rings. The van der Waals surface area contributed by atoms with E-state index in [2.05, 4.69) is 28.9 Å². The van der Waals surface area contributed by atoms with Crippen LogP contribution in [-0.4, -0.2) is 56.4 Å². The van der Waals surface area contributed by atoms with Crippen molar-refractivity contribution in [1.82, 2.24) is 9.80 Å². The first-order valence-corrected chi connectivity index (χ1v) is 4.57. The standard InChI is InChI=1S/C9H19N3/c1-10-8-12(3)9-4-6-11(2)7-5-9/h8-9H,4-7H2,1-3H3. The number of aliphatic imine (C=N–C) groups is 1. The van der Waals surface area contributed by atoms with Crippen LogP contribution in [0.3, 0.4) is 0 Å². The normalized spacial score (nSPS) is 21.9. The number of hydrogen-bond acceptors (Lipinski definition) is 2. The summed E-state index contributed by atoms with van der Waals surface area (Å²) >= 11 is 0. The summed E-state index contributed by atoms with van der Waals surface area (Å²) in [6.07, 6.45) is 4.45. The second kappa shape index (κ2) is 4.45. The second-order valence-corrected chi connectivity index (χ2v) is 3.57. The average molecular weight is 169 g/mol. The van der Waals surface area contributed by atoms with Gasteiger partial charge < -0.3 is 9.80 Å². The predicted molar refractivity (Wildman–Crippen MR) is 52.7 cm³/mol. The molecule has 0 unspecified atom stereocenters. The number of hydrogen-bond donors (Lipinski definition) is 0. The van der Waals surface area contributed by atoms with E-state index in [9.17, 15) is 0 Å². The van der Waals surface area contributed by atoms with Crippen molar-refractivity contribution in [2.45, 2.75) is 18.9 Å². The van der Waals surface area contributed by atoms with Gasteiger partial charge in [-0.2, -0.15) is 0 Å². The van der Waals surface area contributed by atoms with Crippen LogP contribution < -0.4 is 0 Å². The molecule has 3 nitrogen and oxygen atoms in total. The lowest BCUT2D eigenvalue weighted by atomic mass is 10.1. The molecule has 0 spiro atoms. The maximum Gasteiger partial charge on any atom is 0.0846 e. The van der Waals surface area contributed by atoms with Crippen molar-refractivity contribution in [1.29, 1.82) is 0 Å². The Morgan fingerprint density at radius 3 is 2.50 bits per heavy atom. The Balaban J connectivity index is 2.33. The Morgan fingerprint density at radius 2 is 2.00 bits per heavy atom. The van der Waals surface area contributed by atoms with Gasteiger partial charge in [-0.15, -0.1) is 0 Å². The summed E-state index contributed by atoms with van der Waals surface area (Å²) in [6, 6.07) is 0.699. The monoisotopic (exact) mass is 169 g/mol. The van der Waals surface area contributed by atoms with Crippen LogP contribution >= 0.6 is 0 Å². The molecular weight excluding hydrogens is 150 g/mol. The van der Waals surface area contributed by atoms with E-state index >= 15 is 0 Å². The Bertz CT molecular complexity index is 148. The Kier molecular flexibility index (Phi) is 3.53. The largest absolute Gasteiger partial charge is 0.363 e. The number of piperidine rings is 1. The molecule has 0 atom stereocenters. The van der Waals surface area contributed by atoms with Gasteiger partial charge in [0.2, 0.25) is 0 Å². The number of likely N-dealkylation sites (tertiary alicyclic amines) is 1. The van der Waals surface area contributed by atoms with Gasteiger partial charge in [0, 0.05) is 20.1 Å². The van der Waals surface area contributed by atoms with Crippen molar-refractivity contribution in [3.63, 3.8) is 0 Å². The zero-order chi connectivity index (χ0) is 8.97. The van der Waals surface area contributed by atoms with Gasteiger partial charge in [-0.25, -0.2) is 0 Å². The lowest BCUT2D eigenvalue weighted by molar-refractivity contribution is 0.195. The van der Waals surface area contributed by atoms with Gasteiger partial charge in [0.1, 0.15) is 0 Å². The Morgan fingerprint density at radius 1 is 1.42 bits per heavy atom. The zero-order valence-electron chi connectivity index (χ0n) is 8.32. The summed E-state index contributed by atoms with van der Waals surface area (Å²) in [4.78, 5) is 8.63. The highest BCUT2D eigenvalue weighted by molar-refractivity contribution is 5.54.